The maximum absolute atomic E-state index is 12.6. The molecule has 0 saturated carbocycles. The molecule has 4 rings (SSSR count). The van der Waals surface area contributed by atoms with Gasteiger partial charge in [0.1, 0.15) is 12.4 Å². The number of aromatic hydroxyl groups is 1. The van der Waals surface area contributed by atoms with Crippen molar-refractivity contribution < 1.29 is 14.6 Å². The van der Waals surface area contributed by atoms with Crippen LogP contribution in [0.4, 0.5) is 11.5 Å². The highest BCUT2D eigenvalue weighted by Crippen LogP contribution is 2.35. The highest BCUT2D eigenvalue weighted by atomic mass is 35.5. The van der Waals surface area contributed by atoms with E-state index >= 15 is 0 Å². The molecule has 0 radical (unpaired) electrons. The first-order valence-corrected chi connectivity index (χ1v) is 10.8. The Morgan fingerprint density at radius 1 is 1.25 bits per heavy atom. The van der Waals surface area contributed by atoms with Crippen molar-refractivity contribution in [1.82, 2.24) is 10.3 Å². The first kappa shape index (κ1) is 22.0. The summed E-state index contributed by atoms with van der Waals surface area (Å²) < 4.78 is 5.74. The highest BCUT2D eigenvalue weighted by molar-refractivity contribution is 6.35. The number of pyridine rings is 1. The van der Waals surface area contributed by atoms with Crippen LogP contribution < -0.4 is 21.1 Å². The molecule has 3 aromatic rings. The van der Waals surface area contributed by atoms with Gasteiger partial charge in [-0.15, -0.1) is 0 Å². The molecule has 1 atom stereocenters. The van der Waals surface area contributed by atoms with Gasteiger partial charge in [0.25, 0.3) is 5.91 Å². The second-order valence-corrected chi connectivity index (χ2v) is 8.30. The lowest BCUT2D eigenvalue weighted by Gasteiger charge is -2.13. The molecule has 32 heavy (non-hydrogen) atoms. The maximum atomic E-state index is 12.6. The van der Waals surface area contributed by atoms with Crippen LogP contribution in [-0.4, -0.2) is 29.1 Å². The Hall–Kier alpha value is -3.16. The molecule has 1 unspecified atom stereocenters. The summed E-state index contributed by atoms with van der Waals surface area (Å²) in [5.41, 5.74) is 8.94. The molecule has 166 valence electrons. The number of anilines is 2. The fourth-order valence-corrected chi connectivity index (χ4v) is 4.13. The molecule has 1 aliphatic rings. The van der Waals surface area contributed by atoms with E-state index in [1.54, 1.807) is 36.4 Å². The number of nitrogen functional groups attached to an aromatic ring is 1. The molecule has 7 nitrogen and oxygen atoms in total. The van der Waals surface area contributed by atoms with E-state index in [9.17, 15) is 9.90 Å². The molecule has 1 amide bonds. The van der Waals surface area contributed by atoms with Gasteiger partial charge in [0.15, 0.2) is 11.6 Å². The van der Waals surface area contributed by atoms with Gasteiger partial charge in [-0.05, 0) is 48.4 Å². The van der Waals surface area contributed by atoms with E-state index < -0.39 is 0 Å². The fraction of sp³-hybridized carbons (Fsp3) is 0.217. The molecule has 0 spiro atoms. The zero-order valence-electron chi connectivity index (χ0n) is 17.1. The van der Waals surface area contributed by atoms with E-state index in [2.05, 4.69) is 15.6 Å². The smallest absolute Gasteiger partial charge is 0.252 e. The Morgan fingerprint density at radius 2 is 2.03 bits per heavy atom. The second-order valence-electron chi connectivity index (χ2n) is 7.49. The largest absolute Gasteiger partial charge is 0.508 e. The number of hydrogen-bond acceptors (Lipinski definition) is 6. The molecular formula is C23H22Cl2N4O3. The molecule has 0 bridgehead atoms. The number of nitrogens with zero attached hydrogens (tertiary/aromatic N) is 1. The van der Waals surface area contributed by atoms with Crippen LogP contribution in [0.2, 0.25) is 10.0 Å². The first-order valence-electron chi connectivity index (χ1n) is 10.1. The van der Waals surface area contributed by atoms with E-state index in [1.165, 1.54) is 6.20 Å². The Balaban J connectivity index is 1.36. The predicted molar refractivity (Wildman–Crippen MR) is 126 cm³/mol. The van der Waals surface area contributed by atoms with E-state index in [0.29, 0.717) is 27.7 Å². The normalized spacial score (nSPS) is 14.5. The van der Waals surface area contributed by atoms with E-state index in [-0.39, 0.29) is 35.7 Å². The summed E-state index contributed by atoms with van der Waals surface area (Å²) in [6.07, 6.45) is 2.14. The van der Waals surface area contributed by atoms with Gasteiger partial charge in [0.2, 0.25) is 0 Å². The second kappa shape index (κ2) is 9.54. The summed E-state index contributed by atoms with van der Waals surface area (Å²) in [4.78, 5) is 16.7. The zero-order valence-corrected chi connectivity index (χ0v) is 18.6. The van der Waals surface area contributed by atoms with Gasteiger partial charge in [-0.2, -0.15) is 0 Å². The maximum Gasteiger partial charge on any atom is 0.252 e. The number of nitrogens with two attached hydrogens (primary N) is 1. The molecule has 2 aromatic carbocycles. The number of nitrogens with one attached hydrogen (secondary N) is 2. The Labute approximate surface area is 195 Å². The third-order valence-corrected chi connectivity index (χ3v) is 6.08. The molecular weight excluding hydrogens is 451 g/mol. The van der Waals surface area contributed by atoms with Crippen molar-refractivity contribution in [2.45, 2.75) is 18.9 Å². The summed E-state index contributed by atoms with van der Waals surface area (Å²) in [6.45, 7) is 1.33. The molecule has 5 N–H and O–H groups in total. The SMILES string of the molecule is Nc1ncc(C(=O)NCCC2CNc3ccc(O)cc32)cc1OCc1c(Cl)cccc1Cl. The van der Waals surface area contributed by atoms with Gasteiger partial charge in [-0.1, -0.05) is 29.3 Å². The van der Waals surface area contributed by atoms with Crippen molar-refractivity contribution in [3.05, 3.63) is 75.4 Å². The third-order valence-electron chi connectivity index (χ3n) is 5.37. The molecule has 0 saturated heterocycles. The van der Waals surface area contributed by atoms with E-state index in [4.69, 9.17) is 33.7 Å². The van der Waals surface area contributed by atoms with Crippen LogP contribution >= 0.6 is 23.2 Å². The number of ether oxygens (including phenoxy) is 1. The van der Waals surface area contributed by atoms with Crippen LogP contribution in [0.1, 0.15) is 33.8 Å². The van der Waals surface area contributed by atoms with E-state index in [0.717, 1.165) is 24.2 Å². The summed E-state index contributed by atoms with van der Waals surface area (Å²) in [5, 5.41) is 16.9. The molecule has 0 aliphatic carbocycles. The molecule has 1 aliphatic heterocycles. The summed E-state index contributed by atoms with van der Waals surface area (Å²) in [7, 11) is 0. The van der Waals surface area contributed by atoms with Crippen molar-refractivity contribution >= 4 is 40.6 Å². The third kappa shape index (κ3) is 4.84. The molecule has 9 heteroatoms. The number of halogens is 2. The average molecular weight is 473 g/mol. The van der Waals surface area contributed by atoms with Crippen LogP contribution in [-0.2, 0) is 6.61 Å². The number of phenolic OH excluding ortho intramolecular Hbond substituents is 1. The van der Waals surface area contributed by atoms with Gasteiger partial charge in [-0.3, -0.25) is 4.79 Å². The predicted octanol–water partition coefficient (Wildman–Crippen LogP) is 4.58. The summed E-state index contributed by atoms with van der Waals surface area (Å²) in [6, 6.07) is 12.0. The van der Waals surface area contributed by atoms with Crippen LogP contribution in [0.25, 0.3) is 0 Å². The molecule has 0 fully saturated rings. The van der Waals surface area contributed by atoms with Crippen molar-refractivity contribution in [2.24, 2.45) is 0 Å². The number of carbonyl (C=O) groups excluding carboxylic acids is 1. The fourth-order valence-electron chi connectivity index (χ4n) is 3.63. The lowest BCUT2D eigenvalue weighted by molar-refractivity contribution is 0.0951. The van der Waals surface area contributed by atoms with Crippen molar-refractivity contribution in [3.63, 3.8) is 0 Å². The summed E-state index contributed by atoms with van der Waals surface area (Å²) in [5.74, 6) is 0.609. The highest BCUT2D eigenvalue weighted by Gasteiger charge is 2.22. The number of hydrogen-bond donors (Lipinski definition) is 4. The standard InChI is InChI=1S/C23H22Cl2N4O3/c24-18-2-1-3-19(25)17(18)12-32-21-8-14(11-29-22(21)26)23(31)27-7-6-13-10-28-20-5-4-15(30)9-16(13)20/h1-5,8-9,11,13,28,30H,6-7,10,12H2,(H2,26,29)(H,27,31). The van der Waals surface area contributed by atoms with Gasteiger partial charge in [0.05, 0.1) is 5.56 Å². The average Bonchev–Trinajstić information content (AvgIpc) is 3.16. The van der Waals surface area contributed by atoms with Crippen LogP contribution in [0.5, 0.6) is 11.5 Å². The van der Waals surface area contributed by atoms with Crippen LogP contribution in [0, 0.1) is 0 Å². The quantitative estimate of drug-likeness (QED) is 0.374. The topological polar surface area (TPSA) is 110 Å². The van der Waals surface area contributed by atoms with Crippen molar-refractivity contribution in [1.29, 1.82) is 0 Å². The van der Waals surface area contributed by atoms with Crippen molar-refractivity contribution in [3.8, 4) is 11.5 Å². The minimum Gasteiger partial charge on any atom is -0.508 e. The lowest BCUT2D eigenvalue weighted by Crippen LogP contribution is -2.26. The van der Waals surface area contributed by atoms with Gasteiger partial charge in [0, 0.05) is 46.5 Å². The number of rotatable bonds is 7. The summed E-state index contributed by atoms with van der Waals surface area (Å²) >= 11 is 12.3. The van der Waals surface area contributed by atoms with Gasteiger partial charge in [-0.25, -0.2) is 4.98 Å². The monoisotopic (exact) mass is 472 g/mol. The number of benzene rings is 2. The zero-order chi connectivity index (χ0) is 22.7. The van der Waals surface area contributed by atoms with Gasteiger partial charge < -0.3 is 26.2 Å². The van der Waals surface area contributed by atoms with Crippen LogP contribution in [0.3, 0.4) is 0 Å². The Bertz CT molecular complexity index is 1140. The van der Waals surface area contributed by atoms with Crippen LogP contribution in [0.15, 0.2) is 48.7 Å². The number of aromatic nitrogens is 1. The van der Waals surface area contributed by atoms with Gasteiger partial charge >= 0.3 is 0 Å². The van der Waals surface area contributed by atoms with Crippen molar-refractivity contribution in [2.75, 3.05) is 24.1 Å². The minimum absolute atomic E-state index is 0.0936. The Morgan fingerprint density at radius 3 is 2.81 bits per heavy atom. The molecule has 1 aromatic heterocycles. The Kier molecular flexibility index (Phi) is 6.58. The number of phenols is 1. The van der Waals surface area contributed by atoms with E-state index in [1.807, 2.05) is 6.07 Å². The first-order chi connectivity index (χ1) is 15.4. The number of carbonyl (C=O) groups is 1. The number of fused-ring (bicyclic) bond motifs is 1. The number of amides is 1. The molecule has 2 heterocycles. The lowest BCUT2D eigenvalue weighted by atomic mass is 9.97. The minimum atomic E-state index is -0.278.